The van der Waals surface area contributed by atoms with Crippen LogP contribution in [0.25, 0.3) is 17.3 Å². The Kier molecular flexibility index (Phi) is 6.42. The second kappa shape index (κ2) is 9.61. The number of hydrogen-bond donors (Lipinski definition) is 1. The number of fused-ring (bicyclic) bond motifs is 3. The zero-order valence-electron chi connectivity index (χ0n) is 20.5. The fourth-order valence-corrected chi connectivity index (χ4v) is 6.55. The van der Waals surface area contributed by atoms with Crippen LogP contribution in [0.2, 0.25) is 10.0 Å². The average Bonchev–Trinajstić information content (AvgIpc) is 3.68. The van der Waals surface area contributed by atoms with Crippen LogP contribution in [-0.4, -0.2) is 21.8 Å². The summed E-state index contributed by atoms with van der Waals surface area (Å²) in [5.74, 6) is 0.409. The van der Waals surface area contributed by atoms with Gasteiger partial charge in [0.25, 0.3) is 0 Å². The normalized spacial score (nSPS) is 25.1. The van der Waals surface area contributed by atoms with Gasteiger partial charge in [-0.25, -0.2) is 4.79 Å². The Morgan fingerprint density at radius 2 is 1.73 bits per heavy atom. The second-order valence-corrected chi connectivity index (χ2v) is 11.7. The van der Waals surface area contributed by atoms with Gasteiger partial charge in [-0.1, -0.05) is 58.7 Å². The lowest BCUT2D eigenvalue weighted by Gasteiger charge is -2.52. The molecule has 7 rings (SSSR count). The lowest BCUT2D eigenvalue weighted by Crippen LogP contribution is -2.46. The maximum absolute atomic E-state index is 11.3. The molecule has 2 aromatic carbocycles. The lowest BCUT2D eigenvalue weighted by molar-refractivity contribution is -0.133. The SMILES string of the molecule is O=C(O)c1cccc(C=CC23CCC(OCc4c(-c5c(Cl)cccc5Cl)noc4C4CC4)(CC2)CC3)c1. The summed E-state index contributed by atoms with van der Waals surface area (Å²) in [6.45, 7) is 0.442. The van der Waals surface area contributed by atoms with E-state index in [0.717, 1.165) is 68.3 Å². The monoisotopic (exact) mass is 537 g/mol. The zero-order chi connectivity index (χ0) is 25.6. The summed E-state index contributed by atoms with van der Waals surface area (Å²) in [5.41, 5.74) is 3.64. The number of aromatic nitrogens is 1. The highest BCUT2D eigenvalue weighted by Gasteiger charge is 2.48. The number of allylic oxidation sites excluding steroid dienone is 1. The third-order valence-electron chi connectivity index (χ3n) is 8.49. The van der Waals surface area contributed by atoms with E-state index in [1.165, 1.54) is 0 Å². The van der Waals surface area contributed by atoms with Gasteiger partial charge in [-0.15, -0.1) is 0 Å². The summed E-state index contributed by atoms with van der Waals surface area (Å²) in [6, 6.07) is 12.6. The number of carboxylic acid groups (broad SMARTS) is 1. The van der Waals surface area contributed by atoms with Gasteiger partial charge in [0.05, 0.1) is 27.8 Å². The molecule has 1 heterocycles. The molecule has 0 radical (unpaired) electrons. The van der Waals surface area contributed by atoms with Crippen LogP contribution in [0.15, 0.2) is 53.1 Å². The minimum atomic E-state index is -0.900. The summed E-state index contributed by atoms with van der Waals surface area (Å²) >= 11 is 13.0. The highest BCUT2D eigenvalue weighted by atomic mass is 35.5. The molecule has 3 aromatic rings. The molecule has 0 unspecified atom stereocenters. The van der Waals surface area contributed by atoms with Gasteiger partial charge in [-0.3, -0.25) is 0 Å². The van der Waals surface area contributed by atoms with Gasteiger partial charge in [-0.2, -0.15) is 0 Å². The topological polar surface area (TPSA) is 72.6 Å². The number of ether oxygens (including phenoxy) is 1. The summed E-state index contributed by atoms with van der Waals surface area (Å²) < 4.78 is 12.6. The quantitative estimate of drug-likeness (QED) is 0.311. The number of aromatic carboxylic acids is 1. The molecule has 4 aliphatic carbocycles. The maximum Gasteiger partial charge on any atom is 0.335 e. The number of benzene rings is 2. The first-order valence-electron chi connectivity index (χ1n) is 13.0. The predicted octanol–water partition coefficient (Wildman–Crippen LogP) is 8.55. The van der Waals surface area contributed by atoms with Crippen molar-refractivity contribution < 1.29 is 19.2 Å². The summed E-state index contributed by atoms with van der Waals surface area (Å²) in [5, 5.41) is 14.8. The van der Waals surface area contributed by atoms with E-state index in [-0.39, 0.29) is 11.0 Å². The molecule has 0 aliphatic heterocycles. The van der Waals surface area contributed by atoms with Crippen LogP contribution in [0, 0.1) is 5.41 Å². The third kappa shape index (κ3) is 4.85. The number of halogens is 2. The highest BCUT2D eigenvalue weighted by molar-refractivity contribution is 6.39. The van der Waals surface area contributed by atoms with Crippen molar-refractivity contribution >= 4 is 35.2 Å². The smallest absolute Gasteiger partial charge is 0.335 e. The van der Waals surface area contributed by atoms with Gasteiger partial charge in [0.2, 0.25) is 0 Å². The molecule has 7 heteroatoms. The lowest BCUT2D eigenvalue weighted by atomic mass is 9.58. The zero-order valence-corrected chi connectivity index (χ0v) is 22.0. The Morgan fingerprint density at radius 1 is 1.05 bits per heavy atom. The Labute approximate surface area is 226 Å². The number of carboxylic acids is 1. The van der Waals surface area contributed by atoms with Crippen LogP contribution in [0.5, 0.6) is 0 Å². The van der Waals surface area contributed by atoms with Crippen molar-refractivity contribution in [3.8, 4) is 11.3 Å². The van der Waals surface area contributed by atoms with Crippen LogP contribution in [-0.2, 0) is 11.3 Å². The van der Waals surface area contributed by atoms with Gasteiger partial charge in [0.1, 0.15) is 11.5 Å². The van der Waals surface area contributed by atoms with E-state index in [1.807, 2.05) is 24.3 Å². The highest BCUT2D eigenvalue weighted by Crippen LogP contribution is 2.55. The van der Waals surface area contributed by atoms with Crippen molar-refractivity contribution in [2.45, 2.75) is 69.5 Å². The molecule has 4 fully saturated rings. The number of hydrogen-bond acceptors (Lipinski definition) is 4. The Bertz CT molecular complexity index is 1330. The standard InChI is InChI=1S/C30H29Cl2NO4/c31-23-5-2-6-24(32)25(23)26-22(27(37-33-26)20-7-8-20)18-36-30-14-11-29(12-15-30,13-16-30)10-9-19-3-1-4-21(17-19)28(34)35/h1-6,9-10,17,20H,7-8,11-16,18H2,(H,34,35). The van der Waals surface area contributed by atoms with Crippen molar-refractivity contribution in [2.75, 3.05) is 0 Å². The van der Waals surface area contributed by atoms with Crippen molar-refractivity contribution in [1.82, 2.24) is 5.16 Å². The number of nitrogens with zero attached hydrogens (tertiary/aromatic N) is 1. The van der Waals surface area contributed by atoms with Crippen LogP contribution >= 0.6 is 23.2 Å². The fraction of sp³-hybridized carbons (Fsp3) is 0.400. The van der Waals surface area contributed by atoms with Crippen molar-refractivity contribution in [3.05, 3.63) is 81.0 Å². The predicted molar refractivity (Wildman–Crippen MR) is 144 cm³/mol. The van der Waals surface area contributed by atoms with E-state index in [9.17, 15) is 9.90 Å². The molecule has 5 nitrogen and oxygen atoms in total. The summed E-state index contributed by atoms with van der Waals surface area (Å²) in [6.07, 6.45) is 12.8. The molecular weight excluding hydrogens is 509 g/mol. The minimum absolute atomic E-state index is 0.140. The van der Waals surface area contributed by atoms with E-state index in [2.05, 4.69) is 17.3 Å². The Balaban J connectivity index is 1.17. The van der Waals surface area contributed by atoms with Gasteiger partial charge < -0.3 is 14.4 Å². The molecule has 4 aliphatic rings. The molecule has 2 bridgehead atoms. The average molecular weight is 538 g/mol. The fourth-order valence-electron chi connectivity index (χ4n) is 5.97. The first-order valence-corrected chi connectivity index (χ1v) is 13.7. The van der Waals surface area contributed by atoms with E-state index in [1.54, 1.807) is 18.2 Å². The number of rotatable bonds is 8. The van der Waals surface area contributed by atoms with Crippen LogP contribution in [0.4, 0.5) is 0 Å². The van der Waals surface area contributed by atoms with E-state index in [0.29, 0.717) is 39.4 Å². The second-order valence-electron chi connectivity index (χ2n) is 10.8. The van der Waals surface area contributed by atoms with Crippen LogP contribution in [0.1, 0.15) is 84.5 Å². The van der Waals surface area contributed by atoms with Gasteiger partial charge >= 0.3 is 5.97 Å². The summed E-state index contributed by atoms with van der Waals surface area (Å²) in [7, 11) is 0. The van der Waals surface area contributed by atoms with E-state index < -0.39 is 5.97 Å². The van der Waals surface area contributed by atoms with Gasteiger partial charge in [0.15, 0.2) is 0 Å². The molecule has 1 N–H and O–H groups in total. The van der Waals surface area contributed by atoms with Crippen molar-refractivity contribution in [1.29, 1.82) is 0 Å². The summed E-state index contributed by atoms with van der Waals surface area (Å²) in [4.78, 5) is 11.3. The number of carbonyl (C=O) groups is 1. The molecule has 37 heavy (non-hydrogen) atoms. The maximum atomic E-state index is 11.3. The Hall–Kier alpha value is -2.60. The largest absolute Gasteiger partial charge is 0.478 e. The van der Waals surface area contributed by atoms with E-state index >= 15 is 0 Å². The van der Waals surface area contributed by atoms with Gasteiger partial charge in [0, 0.05) is 17.0 Å². The third-order valence-corrected chi connectivity index (χ3v) is 9.12. The first-order chi connectivity index (χ1) is 17.9. The van der Waals surface area contributed by atoms with Crippen LogP contribution < -0.4 is 0 Å². The minimum Gasteiger partial charge on any atom is -0.478 e. The van der Waals surface area contributed by atoms with E-state index in [4.69, 9.17) is 32.5 Å². The van der Waals surface area contributed by atoms with Crippen molar-refractivity contribution in [2.24, 2.45) is 5.41 Å². The Morgan fingerprint density at radius 3 is 2.38 bits per heavy atom. The molecule has 0 amide bonds. The molecule has 4 saturated carbocycles. The molecule has 192 valence electrons. The molecule has 0 atom stereocenters. The molecule has 1 aromatic heterocycles. The van der Waals surface area contributed by atoms with Crippen molar-refractivity contribution in [3.63, 3.8) is 0 Å². The molecular formula is C30H29Cl2NO4. The molecule has 0 spiro atoms. The molecule has 0 saturated heterocycles. The van der Waals surface area contributed by atoms with Gasteiger partial charge in [-0.05, 0) is 86.6 Å². The van der Waals surface area contributed by atoms with Crippen LogP contribution in [0.3, 0.4) is 0 Å². The first kappa shape index (κ1) is 24.7.